The molecule has 0 bridgehead atoms. The van der Waals surface area contributed by atoms with Gasteiger partial charge in [-0.25, -0.2) is 0 Å². The maximum absolute atomic E-state index is 12.1. The summed E-state index contributed by atoms with van der Waals surface area (Å²) in [6.07, 6.45) is 63.7. The van der Waals surface area contributed by atoms with Crippen molar-refractivity contribution >= 4 is 11.9 Å². The van der Waals surface area contributed by atoms with Crippen LogP contribution >= 0.6 is 0 Å². The summed E-state index contributed by atoms with van der Waals surface area (Å²) in [5, 5.41) is 0. The van der Waals surface area contributed by atoms with Crippen molar-refractivity contribution in [1.29, 1.82) is 0 Å². The molecule has 0 amide bonds. The van der Waals surface area contributed by atoms with Crippen LogP contribution in [0.15, 0.2) is 0 Å². The van der Waals surface area contributed by atoms with E-state index in [2.05, 4.69) is 13.8 Å². The topological polar surface area (TPSA) is 43.4 Å². The van der Waals surface area contributed by atoms with E-state index in [1.54, 1.807) is 0 Å². The highest BCUT2D eigenvalue weighted by Gasteiger charge is 2.10. The molecule has 0 aliphatic carbocycles. The number of carbonyl (C=O) groups is 2. The Balaban J connectivity index is 3.24. The third-order valence-electron chi connectivity index (χ3n) is 12.2. The zero-order valence-electron chi connectivity index (χ0n) is 38.2. The minimum atomic E-state index is -0.317. The molecule has 0 atom stereocenters. The van der Waals surface area contributed by atoms with Gasteiger partial charge in [-0.05, 0) is 12.8 Å². The molecule has 0 rings (SSSR count). The summed E-state index contributed by atoms with van der Waals surface area (Å²) in [5.41, 5.74) is 0. The fraction of sp³-hybridized carbons (Fsp3) is 0.962. The Hall–Kier alpha value is -0.860. The van der Waals surface area contributed by atoms with E-state index < -0.39 is 0 Å². The number of ether oxygens (including phenoxy) is 1. The molecule has 0 aliphatic rings. The summed E-state index contributed by atoms with van der Waals surface area (Å²) in [4.78, 5) is 24.1. The van der Waals surface area contributed by atoms with Gasteiger partial charge in [-0.15, -0.1) is 0 Å². The van der Waals surface area contributed by atoms with Crippen LogP contribution in [0.4, 0.5) is 0 Å². The molecule has 0 aromatic carbocycles. The third-order valence-corrected chi connectivity index (χ3v) is 12.2. The van der Waals surface area contributed by atoms with Gasteiger partial charge in [-0.1, -0.05) is 296 Å². The molecule has 0 radical (unpaired) electrons. The summed E-state index contributed by atoms with van der Waals surface area (Å²) in [6, 6.07) is 0. The van der Waals surface area contributed by atoms with Crippen LogP contribution in [0.2, 0.25) is 0 Å². The predicted octanol–water partition coefficient (Wildman–Crippen LogP) is 18.8. The molecular formula is C52H102O3. The lowest BCUT2D eigenvalue weighted by atomic mass is 10.0. The summed E-state index contributed by atoms with van der Waals surface area (Å²) in [7, 11) is 0. The largest absolute Gasteiger partial charge is 0.393 e. The molecule has 0 spiro atoms. The second kappa shape index (κ2) is 49.3. The van der Waals surface area contributed by atoms with Crippen molar-refractivity contribution in [1.82, 2.24) is 0 Å². The number of unbranched alkanes of at least 4 members (excludes halogenated alkanes) is 44. The molecule has 0 N–H and O–H groups in total. The van der Waals surface area contributed by atoms with E-state index in [1.807, 2.05) is 0 Å². The van der Waals surface area contributed by atoms with Crippen molar-refractivity contribution in [3.8, 4) is 0 Å². The fourth-order valence-corrected chi connectivity index (χ4v) is 8.34. The van der Waals surface area contributed by atoms with Gasteiger partial charge in [0.05, 0.1) is 0 Å². The van der Waals surface area contributed by atoms with Gasteiger partial charge in [0.1, 0.15) is 0 Å². The number of carbonyl (C=O) groups excluding carboxylic acids is 2. The number of esters is 2. The summed E-state index contributed by atoms with van der Waals surface area (Å²) in [5.74, 6) is -0.634. The Morgan fingerprint density at radius 3 is 0.491 bits per heavy atom. The van der Waals surface area contributed by atoms with Crippen molar-refractivity contribution in [2.24, 2.45) is 0 Å². The van der Waals surface area contributed by atoms with Gasteiger partial charge >= 0.3 is 11.9 Å². The second-order valence-electron chi connectivity index (χ2n) is 17.9. The summed E-state index contributed by atoms with van der Waals surface area (Å²) < 4.78 is 5.07. The van der Waals surface area contributed by atoms with Crippen LogP contribution < -0.4 is 0 Å². The van der Waals surface area contributed by atoms with Gasteiger partial charge in [0, 0.05) is 12.8 Å². The Morgan fingerprint density at radius 2 is 0.345 bits per heavy atom. The number of rotatable bonds is 48. The zero-order chi connectivity index (χ0) is 39.8. The SMILES string of the molecule is CCCCCCCCCCCCCCCCCCCCCCCCCC(=O)OC(=O)CCCCCCCCCCCCCCCCCCCCCCCCC. The van der Waals surface area contributed by atoms with Crippen molar-refractivity contribution < 1.29 is 14.3 Å². The fourth-order valence-electron chi connectivity index (χ4n) is 8.34. The lowest BCUT2D eigenvalue weighted by Crippen LogP contribution is -2.11. The minimum Gasteiger partial charge on any atom is -0.393 e. The van der Waals surface area contributed by atoms with Crippen molar-refractivity contribution in [2.45, 2.75) is 322 Å². The lowest BCUT2D eigenvalue weighted by molar-refractivity contribution is -0.159. The smallest absolute Gasteiger partial charge is 0.313 e. The monoisotopic (exact) mass is 775 g/mol. The first-order valence-electron chi connectivity index (χ1n) is 25.9. The highest BCUT2D eigenvalue weighted by Crippen LogP contribution is 2.18. The summed E-state index contributed by atoms with van der Waals surface area (Å²) >= 11 is 0. The van der Waals surface area contributed by atoms with E-state index in [0.29, 0.717) is 12.8 Å². The van der Waals surface area contributed by atoms with E-state index in [9.17, 15) is 9.59 Å². The Bertz CT molecular complexity index is 672. The first-order valence-corrected chi connectivity index (χ1v) is 25.9. The highest BCUT2D eigenvalue weighted by molar-refractivity contribution is 5.85. The van der Waals surface area contributed by atoms with E-state index in [-0.39, 0.29) is 11.9 Å². The van der Waals surface area contributed by atoms with Crippen LogP contribution in [0.5, 0.6) is 0 Å². The normalized spacial score (nSPS) is 11.5. The third kappa shape index (κ3) is 49.2. The maximum atomic E-state index is 12.1. The van der Waals surface area contributed by atoms with E-state index >= 15 is 0 Å². The molecular weight excluding hydrogens is 673 g/mol. The van der Waals surface area contributed by atoms with Crippen LogP contribution in [-0.4, -0.2) is 11.9 Å². The zero-order valence-corrected chi connectivity index (χ0v) is 38.2. The van der Waals surface area contributed by atoms with Crippen LogP contribution in [0.1, 0.15) is 322 Å². The molecule has 0 heterocycles. The van der Waals surface area contributed by atoms with Crippen molar-refractivity contribution in [3.63, 3.8) is 0 Å². The molecule has 0 aromatic heterocycles. The maximum Gasteiger partial charge on any atom is 0.313 e. The average Bonchev–Trinajstić information content (AvgIpc) is 3.18. The van der Waals surface area contributed by atoms with Gasteiger partial charge < -0.3 is 4.74 Å². The molecule has 3 nitrogen and oxygen atoms in total. The van der Waals surface area contributed by atoms with Crippen LogP contribution in [0.3, 0.4) is 0 Å². The molecule has 0 aromatic rings. The number of hydrogen-bond donors (Lipinski definition) is 0. The van der Waals surface area contributed by atoms with Gasteiger partial charge in [0.2, 0.25) is 0 Å². The van der Waals surface area contributed by atoms with Crippen molar-refractivity contribution in [3.05, 3.63) is 0 Å². The van der Waals surface area contributed by atoms with Crippen LogP contribution in [-0.2, 0) is 14.3 Å². The molecule has 0 fully saturated rings. The molecule has 0 saturated carbocycles. The molecule has 0 saturated heterocycles. The van der Waals surface area contributed by atoms with Gasteiger partial charge in [-0.2, -0.15) is 0 Å². The molecule has 55 heavy (non-hydrogen) atoms. The highest BCUT2D eigenvalue weighted by atomic mass is 16.6. The van der Waals surface area contributed by atoms with Crippen molar-refractivity contribution in [2.75, 3.05) is 0 Å². The predicted molar refractivity (Wildman–Crippen MR) is 244 cm³/mol. The van der Waals surface area contributed by atoms with E-state index in [1.165, 1.54) is 270 Å². The standard InChI is InChI=1S/C52H102O3/c1-3-5-7-9-11-13-15-17-19-21-23-25-27-29-31-33-35-37-39-41-43-45-47-49-51(53)55-52(54)50-48-46-44-42-40-38-36-34-32-30-28-26-24-22-20-18-16-14-12-10-8-6-4-2/h3-50H2,1-2H3. The van der Waals surface area contributed by atoms with Gasteiger partial charge in [0.15, 0.2) is 0 Å². The molecule has 0 unspecified atom stereocenters. The lowest BCUT2D eigenvalue weighted by Gasteiger charge is -2.05. The van der Waals surface area contributed by atoms with Gasteiger partial charge in [0.25, 0.3) is 0 Å². The van der Waals surface area contributed by atoms with E-state index in [0.717, 1.165) is 25.7 Å². The van der Waals surface area contributed by atoms with Gasteiger partial charge in [-0.3, -0.25) is 9.59 Å². The Labute approximate surface area is 347 Å². The molecule has 0 aliphatic heterocycles. The first-order chi connectivity index (χ1) is 27.2. The molecule has 328 valence electrons. The summed E-state index contributed by atoms with van der Waals surface area (Å²) in [6.45, 7) is 4.59. The molecule has 3 heteroatoms. The minimum absolute atomic E-state index is 0.317. The number of hydrogen-bond acceptors (Lipinski definition) is 3. The van der Waals surface area contributed by atoms with Crippen LogP contribution in [0.25, 0.3) is 0 Å². The quantitative estimate of drug-likeness (QED) is 0.0351. The first kappa shape index (κ1) is 54.1. The Kier molecular flexibility index (Phi) is 48.5. The Morgan fingerprint density at radius 1 is 0.218 bits per heavy atom. The average molecular weight is 775 g/mol. The second-order valence-corrected chi connectivity index (χ2v) is 17.9. The van der Waals surface area contributed by atoms with Crippen LogP contribution in [0, 0.1) is 0 Å². The van der Waals surface area contributed by atoms with E-state index in [4.69, 9.17) is 4.74 Å².